The van der Waals surface area contributed by atoms with E-state index in [1.165, 1.54) is 17.7 Å². The Labute approximate surface area is 157 Å². The Morgan fingerprint density at radius 2 is 2.08 bits per heavy atom. The third kappa shape index (κ3) is 5.42. The van der Waals surface area contributed by atoms with E-state index in [0.717, 1.165) is 25.7 Å². The summed E-state index contributed by atoms with van der Waals surface area (Å²) in [4.78, 5) is 14.3. The molecular formula is C19H21ClFN3O2. The van der Waals surface area contributed by atoms with E-state index in [1.54, 1.807) is 0 Å². The van der Waals surface area contributed by atoms with Gasteiger partial charge in [-0.2, -0.15) is 0 Å². The summed E-state index contributed by atoms with van der Waals surface area (Å²) in [6, 6.07) is 13.7. The molecule has 1 fully saturated rings. The van der Waals surface area contributed by atoms with Crippen LogP contribution in [0.4, 0.5) is 14.9 Å². The minimum atomic E-state index is -0.449. The highest BCUT2D eigenvalue weighted by molar-refractivity contribution is 6.33. The average molecular weight is 378 g/mol. The van der Waals surface area contributed by atoms with E-state index in [9.17, 15) is 9.18 Å². The van der Waals surface area contributed by atoms with Gasteiger partial charge in [-0.3, -0.25) is 4.90 Å². The zero-order chi connectivity index (χ0) is 18.4. The number of carbonyl (C=O) groups is 1. The van der Waals surface area contributed by atoms with Gasteiger partial charge in [-0.1, -0.05) is 41.9 Å². The van der Waals surface area contributed by atoms with Crippen molar-refractivity contribution < 1.29 is 13.9 Å². The fourth-order valence-electron chi connectivity index (χ4n) is 2.85. The summed E-state index contributed by atoms with van der Waals surface area (Å²) in [5.74, 6) is -0.449. The van der Waals surface area contributed by atoms with Gasteiger partial charge in [0, 0.05) is 26.2 Å². The van der Waals surface area contributed by atoms with Crippen LogP contribution in [0, 0.1) is 5.82 Å². The Hall–Kier alpha value is -2.15. The molecule has 5 nitrogen and oxygen atoms in total. The Kier molecular flexibility index (Phi) is 6.44. The van der Waals surface area contributed by atoms with Crippen molar-refractivity contribution in [2.45, 2.75) is 12.6 Å². The molecule has 26 heavy (non-hydrogen) atoms. The molecular weight excluding hydrogens is 357 g/mol. The molecule has 1 unspecified atom stereocenters. The van der Waals surface area contributed by atoms with E-state index >= 15 is 0 Å². The Bertz CT molecular complexity index is 745. The molecule has 0 bridgehead atoms. The van der Waals surface area contributed by atoms with Crippen LogP contribution in [0.2, 0.25) is 5.02 Å². The van der Waals surface area contributed by atoms with Crippen LogP contribution in [0.5, 0.6) is 0 Å². The van der Waals surface area contributed by atoms with Gasteiger partial charge in [0.2, 0.25) is 0 Å². The molecule has 7 heteroatoms. The molecule has 1 heterocycles. The molecule has 2 N–H and O–H groups in total. The van der Waals surface area contributed by atoms with Gasteiger partial charge in [-0.25, -0.2) is 9.18 Å². The van der Waals surface area contributed by atoms with Crippen LogP contribution in [0.1, 0.15) is 5.56 Å². The summed E-state index contributed by atoms with van der Waals surface area (Å²) in [5, 5.41) is 5.54. The third-order valence-corrected chi connectivity index (χ3v) is 4.45. The smallest absolute Gasteiger partial charge is 0.319 e. The molecule has 0 aromatic heterocycles. The number of nitrogens with one attached hydrogen (secondary N) is 2. The van der Waals surface area contributed by atoms with Crippen LogP contribution in [0.3, 0.4) is 0 Å². The summed E-state index contributed by atoms with van der Waals surface area (Å²) in [6.07, 6.45) is -0.0816. The maximum absolute atomic E-state index is 13.0. The van der Waals surface area contributed by atoms with Gasteiger partial charge in [0.05, 0.1) is 23.4 Å². The molecule has 1 aliphatic rings. The molecule has 2 aromatic rings. The van der Waals surface area contributed by atoms with Crippen LogP contribution in [0.25, 0.3) is 0 Å². The topological polar surface area (TPSA) is 53.6 Å². The first-order valence-corrected chi connectivity index (χ1v) is 8.86. The average Bonchev–Trinajstić information content (AvgIpc) is 2.64. The summed E-state index contributed by atoms with van der Waals surface area (Å²) in [5.41, 5.74) is 1.62. The summed E-state index contributed by atoms with van der Waals surface area (Å²) in [6.45, 7) is 3.48. The molecule has 2 amide bonds. The largest absolute Gasteiger partial charge is 0.374 e. The molecule has 1 saturated heterocycles. The number of nitrogens with zero attached hydrogens (tertiary/aromatic N) is 1. The van der Waals surface area contributed by atoms with E-state index in [0.29, 0.717) is 18.8 Å². The van der Waals surface area contributed by atoms with Crippen molar-refractivity contribution >= 4 is 23.3 Å². The number of amides is 2. The number of benzene rings is 2. The first-order valence-electron chi connectivity index (χ1n) is 8.48. The highest BCUT2D eigenvalue weighted by atomic mass is 35.5. The molecule has 138 valence electrons. The fraction of sp³-hybridized carbons (Fsp3) is 0.316. The van der Waals surface area contributed by atoms with Crippen molar-refractivity contribution in [1.82, 2.24) is 10.2 Å². The normalized spacial score (nSPS) is 17.7. The standard InChI is InChI=1S/C19H21ClFN3O2/c20-17-10-15(21)6-7-18(17)23-19(25)22-11-16-13-24(8-9-26-16)12-14-4-2-1-3-5-14/h1-7,10,16H,8-9,11-13H2,(H2,22,23,25). The second kappa shape index (κ2) is 8.98. The first-order chi connectivity index (χ1) is 12.6. The summed E-state index contributed by atoms with van der Waals surface area (Å²) in [7, 11) is 0. The molecule has 0 saturated carbocycles. The van der Waals surface area contributed by atoms with Crippen molar-refractivity contribution in [3.63, 3.8) is 0 Å². The molecule has 0 aliphatic carbocycles. The maximum Gasteiger partial charge on any atom is 0.319 e. The summed E-state index contributed by atoms with van der Waals surface area (Å²) < 4.78 is 18.8. The minimum Gasteiger partial charge on any atom is -0.374 e. The van der Waals surface area contributed by atoms with Gasteiger partial charge in [0.15, 0.2) is 0 Å². The number of halogens is 2. The van der Waals surface area contributed by atoms with Crippen LogP contribution < -0.4 is 10.6 Å². The van der Waals surface area contributed by atoms with Crippen molar-refractivity contribution in [2.24, 2.45) is 0 Å². The van der Waals surface area contributed by atoms with E-state index < -0.39 is 11.8 Å². The predicted octanol–water partition coefficient (Wildman–Crippen LogP) is 3.50. The van der Waals surface area contributed by atoms with Crippen molar-refractivity contribution in [3.05, 3.63) is 64.9 Å². The lowest BCUT2D eigenvalue weighted by Gasteiger charge is -2.33. The number of carbonyl (C=O) groups excluding carboxylic acids is 1. The number of anilines is 1. The number of hydrogen-bond acceptors (Lipinski definition) is 3. The Morgan fingerprint density at radius 3 is 2.85 bits per heavy atom. The van der Waals surface area contributed by atoms with Crippen LogP contribution in [0.15, 0.2) is 48.5 Å². The van der Waals surface area contributed by atoms with Crippen LogP contribution in [-0.2, 0) is 11.3 Å². The van der Waals surface area contributed by atoms with Crippen molar-refractivity contribution in [3.8, 4) is 0 Å². The van der Waals surface area contributed by atoms with Gasteiger partial charge in [0.1, 0.15) is 5.82 Å². The van der Waals surface area contributed by atoms with E-state index in [4.69, 9.17) is 16.3 Å². The van der Waals surface area contributed by atoms with Gasteiger partial charge in [-0.05, 0) is 23.8 Å². The molecule has 3 rings (SSSR count). The fourth-order valence-corrected chi connectivity index (χ4v) is 3.07. The highest BCUT2D eigenvalue weighted by Gasteiger charge is 2.21. The lowest BCUT2D eigenvalue weighted by Crippen LogP contribution is -2.47. The second-order valence-corrected chi connectivity index (χ2v) is 6.58. The summed E-state index contributed by atoms with van der Waals surface area (Å²) >= 11 is 5.90. The van der Waals surface area contributed by atoms with Crippen LogP contribution in [-0.4, -0.2) is 43.3 Å². The Balaban J connectivity index is 1.45. The maximum atomic E-state index is 13.0. The van der Waals surface area contributed by atoms with E-state index in [1.807, 2.05) is 18.2 Å². The number of ether oxygens (including phenoxy) is 1. The van der Waals surface area contributed by atoms with E-state index in [2.05, 4.69) is 27.7 Å². The lowest BCUT2D eigenvalue weighted by molar-refractivity contribution is -0.0285. The monoisotopic (exact) mass is 377 g/mol. The molecule has 0 spiro atoms. The quantitative estimate of drug-likeness (QED) is 0.838. The minimum absolute atomic E-state index is 0.0816. The number of morpholine rings is 1. The first kappa shape index (κ1) is 18.6. The zero-order valence-electron chi connectivity index (χ0n) is 14.3. The number of urea groups is 1. The SMILES string of the molecule is O=C(NCC1CN(Cc2ccccc2)CCO1)Nc1ccc(F)cc1Cl. The molecule has 2 aromatic carbocycles. The molecule has 1 atom stereocenters. The van der Waals surface area contributed by atoms with Crippen molar-refractivity contribution in [2.75, 3.05) is 31.6 Å². The second-order valence-electron chi connectivity index (χ2n) is 6.17. The van der Waals surface area contributed by atoms with Gasteiger partial charge < -0.3 is 15.4 Å². The lowest BCUT2D eigenvalue weighted by atomic mass is 10.2. The third-order valence-electron chi connectivity index (χ3n) is 4.14. The number of rotatable bonds is 5. The van der Waals surface area contributed by atoms with E-state index in [-0.39, 0.29) is 11.1 Å². The number of hydrogen-bond donors (Lipinski definition) is 2. The molecule has 1 aliphatic heterocycles. The highest BCUT2D eigenvalue weighted by Crippen LogP contribution is 2.22. The predicted molar refractivity (Wildman–Crippen MR) is 99.9 cm³/mol. The van der Waals surface area contributed by atoms with Crippen molar-refractivity contribution in [1.29, 1.82) is 0 Å². The molecule has 0 radical (unpaired) electrons. The van der Waals surface area contributed by atoms with Gasteiger partial charge in [0.25, 0.3) is 0 Å². The van der Waals surface area contributed by atoms with Gasteiger partial charge >= 0.3 is 6.03 Å². The van der Waals surface area contributed by atoms with Gasteiger partial charge in [-0.15, -0.1) is 0 Å². The van der Waals surface area contributed by atoms with Crippen LogP contribution >= 0.6 is 11.6 Å². The zero-order valence-corrected chi connectivity index (χ0v) is 15.0. The Morgan fingerprint density at radius 1 is 1.27 bits per heavy atom.